The lowest BCUT2D eigenvalue weighted by atomic mass is 10.1. The van der Waals surface area contributed by atoms with Crippen LogP contribution < -0.4 is 20.9 Å². The number of anilines is 2. The fourth-order valence-corrected chi connectivity index (χ4v) is 2.93. The van der Waals surface area contributed by atoms with Crippen LogP contribution in [-0.2, 0) is 14.3 Å². The summed E-state index contributed by atoms with van der Waals surface area (Å²) in [5.74, 6) is -0.741. The van der Waals surface area contributed by atoms with Crippen LogP contribution in [0, 0.1) is 0 Å². The predicted molar refractivity (Wildman–Crippen MR) is 106 cm³/mol. The normalized spacial score (nSPS) is 13.1. The number of nitrogens with zero attached hydrogens (tertiary/aromatic N) is 1. The summed E-state index contributed by atoms with van der Waals surface area (Å²) < 4.78 is 9.73. The predicted octanol–water partition coefficient (Wildman–Crippen LogP) is 1.35. The van der Waals surface area contributed by atoms with E-state index in [4.69, 9.17) is 9.47 Å². The summed E-state index contributed by atoms with van der Waals surface area (Å²) in [6.45, 7) is 4.32. The fourth-order valence-electron chi connectivity index (χ4n) is 2.93. The molecule has 3 N–H and O–H groups in total. The van der Waals surface area contributed by atoms with Crippen molar-refractivity contribution in [1.82, 2.24) is 10.6 Å². The third-order valence-corrected chi connectivity index (χ3v) is 4.24. The van der Waals surface area contributed by atoms with E-state index in [1.54, 1.807) is 26.2 Å². The molecule has 0 radical (unpaired) electrons. The molecular formula is C19H28N4O5. The number of urea groups is 1. The molecule has 28 heavy (non-hydrogen) atoms. The molecule has 9 nitrogen and oxygen atoms in total. The average Bonchev–Trinajstić information content (AvgIpc) is 3.21. The van der Waals surface area contributed by atoms with Gasteiger partial charge in [-0.3, -0.25) is 9.59 Å². The van der Waals surface area contributed by atoms with Crippen molar-refractivity contribution >= 4 is 29.3 Å². The SMILES string of the molecule is CCOC(=O)CNC(=O)Nc1ccc(N2CCCC2)c(C(=O)NCCOC)c1. The van der Waals surface area contributed by atoms with Crippen LogP contribution in [0.1, 0.15) is 30.1 Å². The van der Waals surface area contributed by atoms with Crippen LogP contribution in [0.2, 0.25) is 0 Å². The Morgan fingerprint density at radius 3 is 2.57 bits per heavy atom. The zero-order chi connectivity index (χ0) is 20.4. The van der Waals surface area contributed by atoms with Gasteiger partial charge in [0, 0.05) is 38.1 Å². The van der Waals surface area contributed by atoms with Crippen molar-refractivity contribution in [3.63, 3.8) is 0 Å². The van der Waals surface area contributed by atoms with Crippen LogP contribution >= 0.6 is 0 Å². The highest BCUT2D eigenvalue weighted by Crippen LogP contribution is 2.27. The Bertz CT molecular complexity index is 689. The van der Waals surface area contributed by atoms with Crippen molar-refractivity contribution in [3.8, 4) is 0 Å². The lowest BCUT2D eigenvalue weighted by molar-refractivity contribution is -0.141. The van der Waals surface area contributed by atoms with Crippen molar-refractivity contribution in [2.24, 2.45) is 0 Å². The summed E-state index contributed by atoms with van der Waals surface area (Å²) in [6.07, 6.45) is 2.17. The molecule has 1 aliphatic heterocycles. The Morgan fingerprint density at radius 1 is 1.14 bits per heavy atom. The highest BCUT2D eigenvalue weighted by molar-refractivity contribution is 6.02. The maximum Gasteiger partial charge on any atom is 0.325 e. The number of carbonyl (C=O) groups is 3. The maximum absolute atomic E-state index is 12.6. The van der Waals surface area contributed by atoms with Crippen molar-refractivity contribution in [3.05, 3.63) is 23.8 Å². The molecule has 0 aromatic heterocycles. The Hall–Kier alpha value is -2.81. The van der Waals surface area contributed by atoms with Crippen molar-refractivity contribution in [1.29, 1.82) is 0 Å². The van der Waals surface area contributed by atoms with Crippen LogP contribution in [0.4, 0.5) is 16.2 Å². The summed E-state index contributed by atoms with van der Waals surface area (Å²) >= 11 is 0. The fraction of sp³-hybridized carbons (Fsp3) is 0.526. The number of carbonyl (C=O) groups excluding carboxylic acids is 3. The molecule has 0 saturated carbocycles. The van der Waals surface area contributed by atoms with Crippen LogP contribution in [0.5, 0.6) is 0 Å². The lowest BCUT2D eigenvalue weighted by Gasteiger charge is -2.22. The molecule has 154 valence electrons. The Labute approximate surface area is 164 Å². The highest BCUT2D eigenvalue weighted by atomic mass is 16.5. The molecule has 9 heteroatoms. The van der Waals surface area contributed by atoms with Crippen molar-refractivity contribution in [2.45, 2.75) is 19.8 Å². The van der Waals surface area contributed by atoms with Gasteiger partial charge in [-0.1, -0.05) is 0 Å². The van der Waals surface area contributed by atoms with E-state index in [1.807, 2.05) is 6.07 Å². The zero-order valence-corrected chi connectivity index (χ0v) is 16.4. The summed E-state index contributed by atoms with van der Waals surface area (Å²) in [7, 11) is 1.57. The van der Waals surface area contributed by atoms with Crippen LogP contribution in [0.25, 0.3) is 0 Å². The minimum Gasteiger partial charge on any atom is -0.465 e. The van der Waals surface area contributed by atoms with Crippen LogP contribution in [-0.4, -0.2) is 64.4 Å². The molecule has 1 saturated heterocycles. The third kappa shape index (κ3) is 6.41. The highest BCUT2D eigenvalue weighted by Gasteiger charge is 2.20. The van der Waals surface area contributed by atoms with Crippen molar-refractivity contribution in [2.75, 3.05) is 56.7 Å². The molecule has 1 aromatic rings. The smallest absolute Gasteiger partial charge is 0.325 e. The van der Waals surface area contributed by atoms with Crippen LogP contribution in [0.15, 0.2) is 18.2 Å². The molecule has 1 heterocycles. The monoisotopic (exact) mass is 392 g/mol. The van der Waals surface area contributed by atoms with Gasteiger partial charge in [0.2, 0.25) is 0 Å². The number of methoxy groups -OCH3 is 1. The number of esters is 1. The number of nitrogens with one attached hydrogen (secondary N) is 3. The molecule has 0 aliphatic carbocycles. The first-order chi connectivity index (χ1) is 13.5. The van der Waals surface area contributed by atoms with Gasteiger partial charge in [0.05, 0.1) is 18.8 Å². The van der Waals surface area contributed by atoms with Gasteiger partial charge in [0.15, 0.2) is 0 Å². The second kappa shape index (κ2) is 11.1. The standard InChI is InChI=1S/C19H28N4O5/c1-3-28-17(24)13-21-19(26)22-14-6-7-16(23-9-4-5-10-23)15(12-14)18(25)20-8-11-27-2/h6-7,12H,3-5,8-11,13H2,1-2H3,(H,20,25)(H2,21,22,26). The molecule has 0 atom stereocenters. The number of hydrogen-bond donors (Lipinski definition) is 3. The van der Waals surface area contributed by atoms with E-state index in [-0.39, 0.29) is 19.1 Å². The van der Waals surface area contributed by atoms with Gasteiger partial charge < -0.3 is 30.3 Å². The van der Waals surface area contributed by atoms with Crippen LogP contribution in [0.3, 0.4) is 0 Å². The molecule has 0 spiro atoms. The molecule has 1 fully saturated rings. The number of amides is 3. The second-order valence-electron chi connectivity index (χ2n) is 6.29. The number of hydrogen-bond acceptors (Lipinski definition) is 6. The number of benzene rings is 1. The minimum atomic E-state index is -0.548. The molecular weight excluding hydrogens is 364 g/mol. The molecule has 1 aromatic carbocycles. The van der Waals surface area contributed by atoms with Gasteiger partial charge in [0.1, 0.15) is 6.54 Å². The summed E-state index contributed by atoms with van der Waals surface area (Å²) in [6, 6.07) is 4.66. The molecule has 1 aliphatic rings. The van der Waals surface area contributed by atoms with Gasteiger partial charge in [-0.2, -0.15) is 0 Å². The molecule has 3 amide bonds. The first-order valence-corrected chi connectivity index (χ1v) is 9.41. The first-order valence-electron chi connectivity index (χ1n) is 9.41. The second-order valence-corrected chi connectivity index (χ2v) is 6.29. The van der Waals surface area contributed by atoms with E-state index in [0.29, 0.717) is 24.4 Å². The molecule has 0 bridgehead atoms. The largest absolute Gasteiger partial charge is 0.465 e. The lowest BCUT2D eigenvalue weighted by Crippen LogP contribution is -2.34. The van der Waals surface area contributed by atoms with Crippen molar-refractivity contribution < 1.29 is 23.9 Å². The van der Waals surface area contributed by atoms with E-state index in [2.05, 4.69) is 20.9 Å². The zero-order valence-electron chi connectivity index (χ0n) is 16.4. The summed E-state index contributed by atoms with van der Waals surface area (Å²) in [4.78, 5) is 38.1. The maximum atomic E-state index is 12.6. The third-order valence-electron chi connectivity index (χ3n) is 4.24. The van der Waals surface area contributed by atoms with Gasteiger partial charge in [-0.25, -0.2) is 4.79 Å². The summed E-state index contributed by atoms with van der Waals surface area (Å²) in [5, 5.41) is 7.88. The number of ether oxygens (including phenoxy) is 2. The van der Waals surface area contributed by atoms with Gasteiger partial charge in [-0.15, -0.1) is 0 Å². The van der Waals surface area contributed by atoms with Gasteiger partial charge >= 0.3 is 12.0 Å². The van der Waals surface area contributed by atoms with E-state index in [1.165, 1.54) is 0 Å². The molecule has 0 unspecified atom stereocenters. The average molecular weight is 392 g/mol. The Morgan fingerprint density at radius 2 is 1.89 bits per heavy atom. The number of rotatable bonds is 9. The van der Waals surface area contributed by atoms with Gasteiger partial charge in [0.25, 0.3) is 5.91 Å². The molecule has 2 rings (SSSR count). The quantitative estimate of drug-likeness (QED) is 0.432. The van der Waals surface area contributed by atoms with E-state index in [0.717, 1.165) is 31.6 Å². The minimum absolute atomic E-state index is 0.226. The first kappa shape index (κ1) is 21.5. The summed E-state index contributed by atoms with van der Waals surface area (Å²) in [5.41, 5.74) is 1.78. The van der Waals surface area contributed by atoms with Gasteiger partial charge in [-0.05, 0) is 38.0 Å². The van der Waals surface area contributed by atoms with E-state index < -0.39 is 12.0 Å². The van der Waals surface area contributed by atoms with E-state index >= 15 is 0 Å². The van der Waals surface area contributed by atoms with E-state index in [9.17, 15) is 14.4 Å². The Kier molecular flexibility index (Phi) is 8.54. The topological polar surface area (TPSA) is 109 Å². The Balaban J connectivity index is 2.08.